The van der Waals surface area contributed by atoms with Crippen molar-refractivity contribution >= 4 is 10.9 Å². The molecule has 0 unspecified atom stereocenters. The molecule has 3 fully saturated rings. The Balaban J connectivity index is 1.47. The molecule has 0 bridgehead atoms. The van der Waals surface area contributed by atoms with Crippen molar-refractivity contribution in [1.82, 2.24) is 35.0 Å². The summed E-state index contributed by atoms with van der Waals surface area (Å²) in [6.07, 6.45) is 8.22. The second-order valence-electron chi connectivity index (χ2n) is 10.4. The summed E-state index contributed by atoms with van der Waals surface area (Å²) >= 11 is 0. The van der Waals surface area contributed by atoms with Gasteiger partial charge >= 0.3 is 0 Å². The van der Waals surface area contributed by atoms with E-state index in [-0.39, 0.29) is 17.6 Å². The van der Waals surface area contributed by atoms with Crippen LogP contribution in [0.2, 0.25) is 0 Å². The number of tetrazole rings is 1. The SMILES string of the molecule is COc1cc2cc([C@H](c3nnnn3C3CCCCC3)N3CCN4CCC[C@H]4C3)c(=O)[nH]c2cc1OC. The van der Waals surface area contributed by atoms with E-state index < -0.39 is 0 Å². The fraction of sp³-hybridized carbons (Fsp3) is 0.615. The van der Waals surface area contributed by atoms with Gasteiger partial charge in [-0.1, -0.05) is 19.3 Å². The van der Waals surface area contributed by atoms with Gasteiger partial charge < -0.3 is 14.5 Å². The zero-order chi connectivity index (χ0) is 24.6. The summed E-state index contributed by atoms with van der Waals surface area (Å²) in [7, 11) is 3.22. The minimum absolute atomic E-state index is 0.119. The number of aromatic amines is 1. The third-order valence-electron chi connectivity index (χ3n) is 8.34. The summed E-state index contributed by atoms with van der Waals surface area (Å²) in [5, 5.41) is 14.0. The Kier molecular flexibility index (Phi) is 6.39. The topological polar surface area (TPSA) is 101 Å². The standard InChI is InChI=1S/C26H35N7O3/c1-35-22-14-17-13-20(26(34)27-21(17)15-23(22)36-2)24(32-12-11-31-10-6-9-19(31)16-32)25-28-29-30-33(25)18-7-4-3-5-8-18/h13-15,18-19,24H,3-12,16H2,1-2H3,(H,27,34)/t19-,24+/m0/s1. The molecule has 1 aliphatic carbocycles. The highest BCUT2D eigenvalue weighted by atomic mass is 16.5. The van der Waals surface area contributed by atoms with Crippen LogP contribution in [0.1, 0.15) is 68.4 Å². The van der Waals surface area contributed by atoms with Crippen LogP contribution in [0.3, 0.4) is 0 Å². The van der Waals surface area contributed by atoms with E-state index in [4.69, 9.17) is 9.47 Å². The monoisotopic (exact) mass is 493 g/mol. The predicted molar refractivity (Wildman–Crippen MR) is 136 cm³/mol. The van der Waals surface area contributed by atoms with Crippen LogP contribution < -0.4 is 15.0 Å². The number of piperazine rings is 1. The Bertz CT molecular complexity index is 1280. The summed E-state index contributed by atoms with van der Waals surface area (Å²) < 4.78 is 13.0. The van der Waals surface area contributed by atoms with Crippen molar-refractivity contribution < 1.29 is 9.47 Å². The lowest BCUT2D eigenvalue weighted by Crippen LogP contribution is -2.52. The summed E-state index contributed by atoms with van der Waals surface area (Å²) in [4.78, 5) is 21.8. The lowest BCUT2D eigenvalue weighted by molar-refractivity contribution is 0.0778. The number of ether oxygens (including phenoxy) is 2. The minimum Gasteiger partial charge on any atom is -0.493 e. The van der Waals surface area contributed by atoms with Crippen LogP contribution in [-0.4, -0.2) is 81.4 Å². The number of nitrogens with one attached hydrogen (secondary N) is 1. The molecular weight excluding hydrogens is 458 g/mol. The van der Waals surface area contributed by atoms with Crippen LogP contribution in [0.5, 0.6) is 11.5 Å². The molecule has 3 aliphatic rings. The molecule has 2 saturated heterocycles. The lowest BCUT2D eigenvalue weighted by Gasteiger charge is -2.41. The number of rotatable bonds is 6. The fourth-order valence-electron chi connectivity index (χ4n) is 6.47. The van der Waals surface area contributed by atoms with Crippen LogP contribution in [0.25, 0.3) is 10.9 Å². The molecule has 1 saturated carbocycles. The van der Waals surface area contributed by atoms with E-state index in [2.05, 4.69) is 30.3 Å². The molecule has 192 valence electrons. The lowest BCUT2D eigenvalue weighted by atomic mass is 9.94. The number of aromatic nitrogens is 5. The van der Waals surface area contributed by atoms with Gasteiger partial charge in [-0.15, -0.1) is 5.10 Å². The molecule has 2 atom stereocenters. The molecule has 2 aromatic heterocycles. The molecule has 6 rings (SSSR count). The highest BCUT2D eigenvalue weighted by Crippen LogP contribution is 2.36. The second kappa shape index (κ2) is 9.82. The molecule has 0 radical (unpaired) electrons. The van der Waals surface area contributed by atoms with Gasteiger partial charge in [0, 0.05) is 42.7 Å². The fourth-order valence-corrected chi connectivity index (χ4v) is 6.47. The number of methoxy groups -OCH3 is 2. The highest BCUT2D eigenvalue weighted by Gasteiger charge is 2.38. The summed E-state index contributed by atoms with van der Waals surface area (Å²) in [5.74, 6) is 1.99. The minimum atomic E-state index is -0.314. The molecule has 1 aromatic carbocycles. The zero-order valence-corrected chi connectivity index (χ0v) is 21.2. The summed E-state index contributed by atoms with van der Waals surface area (Å²) in [6, 6.07) is 6.21. The van der Waals surface area contributed by atoms with Crippen molar-refractivity contribution in [3.63, 3.8) is 0 Å². The molecule has 0 amide bonds. The van der Waals surface area contributed by atoms with E-state index in [9.17, 15) is 4.79 Å². The first kappa shape index (κ1) is 23.4. The molecule has 1 N–H and O–H groups in total. The number of fused-ring (bicyclic) bond motifs is 2. The maximum Gasteiger partial charge on any atom is 0.253 e. The molecule has 0 spiro atoms. The Morgan fingerprint density at radius 3 is 2.53 bits per heavy atom. The van der Waals surface area contributed by atoms with E-state index in [0.717, 1.165) is 43.7 Å². The molecule has 2 aliphatic heterocycles. The maximum absolute atomic E-state index is 13.6. The molecule has 36 heavy (non-hydrogen) atoms. The Morgan fingerprint density at radius 1 is 0.944 bits per heavy atom. The van der Waals surface area contributed by atoms with Gasteiger partial charge in [0.1, 0.15) is 6.04 Å². The molecule has 4 heterocycles. The normalized spacial score (nSPS) is 22.6. The van der Waals surface area contributed by atoms with Crippen LogP contribution in [0.4, 0.5) is 0 Å². The Morgan fingerprint density at radius 2 is 1.72 bits per heavy atom. The average Bonchev–Trinajstić information content (AvgIpc) is 3.58. The average molecular weight is 494 g/mol. The van der Waals surface area contributed by atoms with Gasteiger partial charge in [0.15, 0.2) is 17.3 Å². The summed E-state index contributed by atoms with van der Waals surface area (Å²) in [5.41, 5.74) is 1.27. The van der Waals surface area contributed by atoms with E-state index in [0.29, 0.717) is 28.6 Å². The number of benzene rings is 1. The van der Waals surface area contributed by atoms with Gasteiger partial charge in [-0.3, -0.25) is 14.6 Å². The van der Waals surface area contributed by atoms with Crippen molar-refractivity contribution in [3.05, 3.63) is 39.9 Å². The van der Waals surface area contributed by atoms with Gasteiger partial charge in [-0.2, -0.15) is 0 Å². The first-order chi connectivity index (χ1) is 17.7. The van der Waals surface area contributed by atoms with Crippen LogP contribution in [-0.2, 0) is 0 Å². The molecule has 10 nitrogen and oxygen atoms in total. The maximum atomic E-state index is 13.6. The van der Waals surface area contributed by atoms with E-state index >= 15 is 0 Å². The number of hydrogen-bond acceptors (Lipinski definition) is 8. The molecular formula is C26H35N7O3. The second-order valence-corrected chi connectivity index (χ2v) is 10.4. The molecule has 10 heteroatoms. The number of H-pyrrole nitrogens is 1. The van der Waals surface area contributed by atoms with Gasteiger partial charge in [-0.05, 0) is 54.8 Å². The van der Waals surface area contributed by atoms with Crippen LogP contribution in [0.15, 0.2) is 23.0 Å². The predicted octanol–water partition coefficient (Wildman–Crippen LogP) is 2.91. The van der Waals surface area contributed by atoms with Crippen LogP contribution in [0, 0.1) is 0 Å². The third kappa shape index (κ3) is 4.16. The zero-order valence-electron chi connectivity index (χ0n) is 21.2. The first-order valence-electron chi connectivity index (χ1n) is 13.2. The van der Waals surface area contributed by atoms with Crippen molar-refractivity contribution in [2.75, 3.05) is 40.4 Å². The van der Waals surface area contributed by atoms with Crippen molar-refractivity contribution in [2.24, 2.45) is 0 Å². The number of nitrogens with zero attached hydrogens (tertiary/aromatic N) is 6. The smallest absolute Gasteiger partial charge is 0.253 e. The van der Waals surface area contributed by atoms with E-state index in [1.165, 1.54) is 38.6 Å². The van der Waals surface area contributed by atoms with E-state index in [1.54, 1.807) is 14.2 Å². The number of hydrogen-bond donors (Lipinski definition) is 1. The van der Waals surface area contributed by atoms with Crippen molar-refractivity contribution in [2.45, 2.75) is 63.1 Å². The van der Waals surface area contributed by atoms with Gasteiger partial charge in [0.05, 0.1) is 25.8 Å². The quantitative estimate of drug-likeness (QED) is 0.559. The van der Waals surface area contributed by atoms with Gasteiger partial charge in [-0.25, -0.2) is 4.68 Å². The molecule has 3 aromatic rings. The summed E-state index contributed by atoms with van der Waals surface area (Å²) in [6.45, 7) is 3.96. The van der Waals surface area contributed by atoms with Crippen LogP contribution >= 0.6 is 0 Å². The number of pyridine rings is 1. The van der Waals surface area contributed by atoms with Crippen molar-refractivity contribution in [1.29, 1.82) is 0 Å². The Hall–Kier alpha value is -2.98. The largest absolute Gasteiger partial charge is 0.493 e. The van der Waals surface area contributed by atoms with Crippen molar-refractivity contribution in [3.8, 4) is 11.5 Å². The van der Waals surface area contributed by atoms with Gasteiger partial charge in [0.25, 0.3) is 5.56 Å². The van der Waals surface area contributed by atoms with E-state index in [1.807, 2.05) is 22.9 Å². The third-order valence-corrected chi connectivity index (χ3v) is 8.34. The Labute approximate surface area is 210 Å². The first-order valence-corrected chi connectivity index (χ1v) is 13.2. The van der Waals surface area contributed by atoms with Gasteiger partial charge in [0.2, 0.25) is 0 Å². The highest BCUT2D eigenvalue weighted by molar-refractivity contribution is 5.83.